The minimum absolute atomic E-state index is 0. The van der Waals surface area contributed by atoms with Gasteiger partial charge in [-0.25, -0.2) is 0 Å². The van der Waals surface area contributed by atoms with Crippen molar-refractivity contribution in [2.24, 2.45) is 11.8 Å². The van der Waals surface area contributed by atoms with E-state index in [1.54, 1.807) is 11.0 Å². The standard InChI is InChI=1S/C28H33Cl3F3NO.CH4/c1-16(2)22-24(29)18(4)23(26(31)25(22)30)27(5)11-7-8-17(3)21(27)14-35(15-36)13-19-9-6-10-20(12-19)28(32,33)34;/h6,9-10,12,15-17,21H,7-8,11,13-14H2,1-5H3;1H4. The maximum absolute atomic E-state index is 13.2. The average Bonchev–Trinajstić information content (AvgIpc) is 2.79. The van der Waals surface area contributed by atoms with Crippen LogP contribution >= 0.6 is 34.8 Å². The highest BCUT2D eigenvalue weighted by molar-refractivity contribution is 6.45. The highest BCUT2D eigenvalue weighted by atomic mass is 35.5. The van der Waals surface area contributed by atoms with Crippen molar-refractivity contribution in [3.05, 3.63) is 67.2 Å². The van der Waals surface area contributed by atoms with Gasteiger partial charge in [-0.2, -0.15) is 13.2 Å². The van der Waals surface area contributed by atoms with E-state index in [0.29, 0.717) is 27.2 Å². The number of carbonyl (C=O) groups excluding carboxylic acids is 1. The normalized spacial score (nSPS) is 22.1. The molecule has 0 bridgehead atoms. The second-order valence-corrected chi connectivity index (χ2v) is 11.8. The van der Waals surface area contributed by atoms with Crippen molar-refractivity contribution in [1.82, 2.24) is 4.90 Å². The van der Waals surface area contributed by atoms with Crippen molar-refractivity contribution >= 4 is 41.2 Å². The summed E-state index contributed by atoms with van der Waals surface area (Å²) in [5.41, 5.74) is 1.92. The molecular weight excluding hydrogens is 542 g/mol. The van der Waals surface area contributed by atoms with Gasteiger partial charge in [0.05, 0.1) is 15.6 Å². The minimum atomic E-state index is -4.44. The third-order valence-electron chi connectivity index (χ3n) is 7.82. The van der Waals surface area contributed by atoms with E-state index in [9.17, 15) is 18.0 Å². The Morgan fingerprint density at radius 1 is 1.16 bits per heavy atom. The largest absolute Gasteiger partial charge is 0.416 e. The molecule has 1 aliphatic carbocycles. The van der Waals surface area contributed by atoms with Crippen LogP contribution in [0.4, 0.5) is 13.2 Å². The van der Waals surface area contributed by atoms with E-state index in [4.69, 9.17) is 34.8 Å². The van der Waals surface area contributed by atoms with Crippen molar-refractivity contribution in [3.63, 3.8) is 0 Å². The van der Waals surface area contributed by atoms with Gasteiger partial charge in [-0.1, -0.05) is 94.9 Å². The van der Waals surface area contributed by atoms with Crippen molar-refractivity contribution in [1.29, 1.82) is 0 Å². The summed E-state index contributed by atoms with van der Waals surface area (Å²) in [7, 11) is 0. The first-order valence-corrected chi connectivity index (χ1v) is 13.4. The summed E-state index contributed by atoms with van der Waals surface area (Å²) in [6, 6.07) is 5.12. The molecule has 0 saturated heterocycles. The molecule has 0 heterocycles. The molecule has 8 heteroatoms. The Hall–Kier alpha value is -1.43. The molecule has 1 saturated carbocycles. The number of rotatable bonds is 7. The third kappa shape index (κ3) is 6.42. The van der Waals surface area contributed by atoms with Crippen LogP contribution in [0.5, 0.6) is 0 Å². The fourth-order valence-electron chi connectivity index (χ4n) is 5.96. The van der Waals surface area contributed by atoms with Crippen molar-refractivity contribution in [2.45, 2.75) is 85.4 Å². The van der Waals surface area contributed by atoms with E-state index >= 15 is 0 Å². The van der Waals surface area contributed by atoms with Crippen LogP contribution in [0.2, 0.25) is 15.1 Å². The highest BCUT2D eigenvalue weighted by Gasteiger charge is 2.45. The maximum atomic E-state index is 13.2. The highest BCUT2D eigenvalue weighted by Crippen LogP contribution is 2.53. The number of amides is 1. The van der Waals surface area contributed by atoms with Gasteiger partial charge in [0.1, 0.15) is 0 Å². The molecule has 1 amide bonds. The predicted octanol–water partition coefficient (Wildman–Crippen LogP) is 10.1. The number of alkyl halides is 3. The van der Waals surface area contributed by atoms with Gasteiger partial charge in [-0.15, -0.1) is 0 Å². The van der Waals surface area contributed by atoms with Crippen LogP contribution in [0.25, 0.3) is 0 Å². The Morgan fingerprint density at radius 3 is 2.38 bits per heavy atom. The zero-order valence-electron chi connectivity index (χ0n) is 21.3. The zero-order valence-corrected chi connectivity index (χ0v) is 23.5. The Balaban J connectivity index is 0.00000481. The van der Waals surface area contributed by atoms with Crippen LogP contribution in [0.3, 0.4) is 0 Å². The Morgan fingerprint density at radius 2 is 1.81 bits per heavy atom. The summed E-state index contributed by atoms with van der Waals surface area (Å²) in [6.07, 6.45) is -0.906. The van der Waals surface area contributed by atoms with Crippen molar-refractivity contribution in [3.8, 4) is 0 Å². The number of halogens is 6. The first kappa shape index (κ1) is 31.8. The Bertz CT molecular complexity index is 1090. The molecule has 2 aromatic carbocycles. The summed E-state index contributed by atoms with van der Waals surface area (Å²) in [5.74, 6) is 0.364. The van der Waals surface area contributed by atoms with Crippen molar-refractivity contribution in [2.75, 3.05) is 6.54 Å². The molecule has 0 spiro atoms. The Kier molecular flexibility index (Phi) is 10.5. The van der Waals surface area contributed by atoms with E-state index < -0.39 is 17.2 Å². The third-order valence-corrected chi connectivity index (χ3v) is 9.17. The van der Waals surface area contributed by atoms with E-state index in [-0.39, 0.29) is 31.7 Å². The second-order valence-electron chi connectivity index (χ2n) is 10.6. The van der Waals surface area contributed by atoms with Gasteiger partial charge in [0.25, 0.3) is 0 Å². The molecule has 1 aliphatic rings. The molecule has 0 N–H and O–H groups in total. The molecule has 0 radical (unpaired) electrons. The first-order chi connectivity index (χ1) is 16.7. The van der Waals surface area contributed by atoms with Gasteiger partial charge in [-0.3, -0.25) is 4.79 Å². The van der Waals surface area contributed by atoms with Gasteiger partial charge in [0.2, 0.25) is 6.41 Å². The number of nitrogens with zero attached hydrogens (tertiary/aromatic N) is 1. The molecule has 3 rings (SSSR count). The lowest BCUT2D eigenvalue weighted by molar-refractivity contribution is -0.137. The molecule has 0 aromatic heterocycles. The second kappa shape index (κ2) is 12.2. The lowest BCUT2D eigenvalue weighted by atomic mass is 9.59. The van der Waals surface area contributed by atoms with Crippen LogP contribution in [0.15, 0.2) is 24.3 Å². The Labute approximate surface area is 234 Å². The summed E-state index contributed by atoms with van der Waals surface area (Å²) in [6.45, 7) is 10.8. The fraction of sp³-hybridized carbons (Fsp3) is 0.552. The zero-order chi connectivity index (χ0) is 27.0. The summed E-state index contributed by atoms with van der Waals surface area (Å²) >= 11 is 20.5. The van der Waals surface area contributed by atoms with Gasteiger partial charge in [-0.05, 0) is 70.9 Å². The topological polar surface area (TPSA) is 20.3 Å². The number of benzene rings is 2. The molecule has 1 fully saturated rings. The molecule has 2 aromatic rings. The maximum Gasteiger partial charge on any atom is 0.416 e. The van der Waals surface area contributed by atoms with E-state index in [1.165, 1.54) is 6.07 Å². The van der Waals surface area contributed by atoms with Crippen molar-refractivity contribution < 1.29 is 18.0 Å². The van der Waals surface area contributed by atoms with Crippen LogP contribution in [-0.2, 0) is 22.9 Å². The number of hydrogen-bond donors (Lipinski definition) is 0. The smallest absolute Gasteiger partial charge is 0.341 e. The monoisotopic (exact) mass is 577 g/mol. The number of hydrogen-bond acceptors (Lipinski definition) is 1. The van der Waals surface area contributed by atoms with E-state index in [1.807, 2.05) is 20.8 Å². The molecule has 206 valence electrons. The van der Waals surface area contributed by atoms with Crippen LogP contribution in [0, 0.1) is 18.8 Å². The molecule has 0 aliphatic heterocycles. The quantitative estimate of drug-likeness (QED) is 0.236. The van der Waals surface area contributed by atoms with Crippen LogP contribution in [0.1, 0.15) is 88.1 Å². The van der Waals surface area contributed by atoms with Crippen LogP contribution < -0.4 is 0 Å². The minimum Gasteiger partial charge on any atom is -0.341 e. The van der Waals surface area contributed by atoms with Crippen LogP contribution in [-0.4, -0.2) is 17.9 Å². The average molecular weight is 579 g/mol. The SMILES string of the molecule is C.Cc1c(Cl)c(C(C)C)c(Cl)c(Cl)c1C1(C)CCCC(C)C1CN(C=O)Cc1cccc(C(F)(F)F)c1. The first-order valence-electron chi connectivity index (χ1n) is 12.2. The van der Waals surface area contributed by atoms with Gasteiger partial charge in [0.15, 0.2) is 0 Å². The summed E-state index contributed by atoms with van der Waals surface area (Å²) < 4.78 is 39.6. The van der Waals surface area contributed by atoms with E-state index in [0.717, 1.165) is 54.5 Å². The van der Waals surface area contributed by atoms with E-state index in [2.05, 4.69) is 13.8 Å². The molecule has 3 atom stereocenters. The summed E-state index contributed by atoms with van der Waals surface area (Å²) in [5, 5.41) is 1.58. The molecule has 2 nitrogen and oxygen atoms in total. The van der Waals surface area contributed by atoms with Gasteiger partial charge in [0, 0.05) is 18.1 Å². The summed E-state index contributed by atoms with van der Waals surface area (Å²) in [4.78, 5) is 13.7. The number of carbonyl (C=O) groups is 1. The van der Waals surface area contributed by atoms with Gasteiger partial charge >= 0.3 is 6.18 Å². The lowest BCUT2D eigenvalue weighted by Gasteiger charge is -2.48. The molecule has 3 unspecified atom stereocenters. The fourth-order valence-corrected chi connectivity index (χ4v) is 7.28. The lowest BCUT2D eigenvalue weighted by Crippen LogP contribution is -2.46. The molecular formula is C29H37Cl3F3NO. The molecule has 37 heavy (non-hydrogen) atoms. The van der Waals surface area contributed by atoms with Gasteiger partial charge < -0.3 is 4.90 Å². The predicted molar refractivity (Wildman–Crippen MR) is 149 cm³/mol.